The van der Waals surface area contributed by atoms with Crippen molar-refractivity contribution in [1.29, 1.82) is 0 Å². The molecule has 0 radical (unpaired) electrons. The molecule has 6 nitrogen and oxygen atoms in total. The molecular weight excluding hydrogens is 364 g/mol. The van der Waals surface area contributed by atoms with Crippen molar-refractivity contribution in [2.75, 3.05) is 5.01 Å². The molecule has 1 atom stereocenters. The van der Waals surface area contributed by atoms with Crippen molar-refractivity contribution in [3.8, 4) is 11.1 Å². The van der Waals surface area contributed by atoms with E-state index in [0.29, 0.717) is 12.5 Å². The molecule has 2 aromatic rings. The molecule has 1 aliphatic carbocycles. The van der Waals surface area contributed by atoms with E-state index in [9.17, 15) is 9.90 Å². The lowest BCUT2D eigenvalue weighted by atomic mass is 9.92. The molecule has 1 heterocycles. The molecule has 0 aromatic heterocycles. The molecule has 1 fully saturated rings. The highest BCUT2D eigenvalue weighted by Crippen LogP contribution is 2.44. The van der Waals surface area contributed by atoms with E-state index in [1.54, 1.807) is 20.0 Å². The second-order valence-electron chi connectivity index (χ2n) is 8.50. The van der Waals surface area contributed by atoms with E-state index in [4.69, 9.17) is 11.6 Å². The lowest BCUT2D eigenvalue weighted by Crippen LogP contribution is -2.51. The summed E-state index contributed by atoms with van der Waals surface area (Å²) in [4.78, 5) is 15.3. The van der Waals surface area contributed by atoms with Gasteiger partial charge in [-0.05, 0) is 61.4 Å². The largest absolute Gasteiger partial charge is 0.403 e. The maximum Gasteiger partial charge on any atom is 0.255 e. The van der Waals surface area contributed by atoms with E-state index >= 15 is 0 Å². The van der Waals surface area contributed by atoms with Gasteiger partial charge in [-0.25, -0.2) is 5.84 Å². The number of hydrogen-bond donors (Lipinski definition) is 3. The van der Waals surface area contributed by atoms with Crippen LogP contribution in [-0.4, -0.2) is 27.6 Å². The molecule has 0 spiro atoms. The van der Waals surface area contributed by atoms with Gasteiger partial charge in [-0.1, -0.05) is 30.3 Å². The van der Waals surface area contributed by atoms with Gasteiger partial charge >= 0.3 is 0 Å². The summed E-state index contributed by atoms with van der Waals surface area (Å²) in [6.45, 7) is 4.16. The highest BCUT2D eigenvalue weighted by Gasteiger charge is 2.48. The zero-order chi connectivity index (χ0) is 20.8. The molecular formula is C23H28N4O2. The first-order valence-electron chi connectivity index (χ1n) is 9.99. The first kappa shape index (κ1) is 19.5. The van der Waals surface area contributed by atoms with Crippen LogP contribution in [0, 0.1) is 5.92 Å². The van der Waals surface area contributed by atoms with Crippen LogP contribution >= 0.6 is 0 Å². The van der Waals surface area contributed by atoms with Crippen LogP contribution in [0.3, 0.4) is 0 Å². The third-order valence-corrected chi connectivity index (χ3v) is 5.82. The number of aliphatic hydroxyl groups is 1. The van der Waals surface area contributed by atoms with E-state index in [-0.39, 0.29) is 11.9 Å². The first-order valence-corrected chi connectivity index (χ1v) is 9.99. The molecule has 4 rings (SSSR count). The van der Waals surface area contributed by atoms with Gasteiger partial charge in [0.15, 0.2) is 0 Å². The Balaban J connectivity index is 1.68. The van der Waals surface area contributed by atoms with Crippen molar-refractivity contribution in [2.45, 2.75) is 44.9 Å². The fraction of sp³-hybridized carbons (Fsp3) is 0.348. The normalized spacial score (nSPS) is 17.7. The summed E-state index contributed by atoms with van der Waals surface area (Å²) in [6.07, 6.45) is 5.08. The quantitative estimate of drug-likeness (QED) is 0.519. The summed E-state index contributed by atoms with van der Waals surface area (Å²) in [5.41, 5.74) is 8.88. The maximum atomic E-state index is 13.4. The van der Waals surface area contributed by atoms with Crippen molar-refractivity contribution in [3.05, 3.63) is 66.0 Å². The average molecular weight is 393 g/mol. The number of carbonyl (C=O) groups is 1. The van der Waals surface area contributed by atoms with Gasteiger partial charge < -0.3 is 15.7 Å². The van der Waals surface area contributed by atoms with Crippen LogP contribution in [0.2, 0.25) is 0 Å². The topological polar surface area (TPSA) is 95.8 Å². The molecule has 1 aliphatic heterocycles. The minimum absolute atomic E-state index is 0.00483. The smallest absolute Gasteiger partial charge is 0.255 e. The molecule has 6 heteroatoms. The highest BCUT2D eigenvalue weighted by atomic mass is 16.3. The summed E-state index contributed by atoms with van der Waals surface area (Å²) in [6, 6.07) is 13.5. The fourth-order valence-corrected chi connectivity index (χ4v) is 4.47. The van der Waals surface area contributed by atoms with Gasteiger partial charge in [-0.3, -0.25) is 9.80 Å². The zero-order valence-corrected chi connectivity index (χ0v) is 16.9. The van der Waals surface area contributed by atoms with E-state index in [1.807, 2.05) is 47.4 Å². The molecule has 29 heavy (non-hydrogen) atoms. The number of hydrazine groups is 1. The Bertz CT molecular complexity index is 942. The predicted octanol–water partition coefficient (Wildman–Crippen LogP) is 2.97. The average Bonchev–Trinajstić information content (AvgIpc) is 3.45. The number of amides is 1. The Morgan fingerprint density at radius 1 is 1.21 bits per heavy atom. The molecule has 0 saturated heterocycles. The Morgan fingerprint density at radius 2 is 1.90 bits per heavy atom. The Labute approximate surface area is 171 Å². The second kappa shape index (κ2) is 7.21. The SMILES string of the molecule is CC(C)(O)C(C1CC1)N1Cc2cccc(-c3ccc(N(N)/C=C\N)cc3)c2C1=O. The van der Waals surface area contributed by atoms with Crippen LogP contribution in [0.25, 0.3) is 11.1 Å². The molecule has 5 N–H and O–H groups in total. The van der Waals surface area contributed by atoms with E-state index in [0.717, 1.165) is 40.8 Å². The van der Waals surface area contributed by atoms with Crippen LogP contribution in [0.5, 0.6) is 0 Å². The second-order valence-corrected chi connectivity index (χ2v) is 8.50. The number of nitrogens with two attached hydrogens (primary N) is 2. The number of nitrogens with zero attached hydrogens (tertiary/aromatic N) is 2. The van der Waals surface area contributed by atoms with Gasteiger partial charge in [-0.15, -0.1) is 0 Å². The third-order valence-electron chi connectivity index (χ3n) is 5.82. The molecule has 0 bridgehead atoms. The molecule has 1 saturated carbocycles. The highest BCUT2D eigenvalue weighted by molar-refractivity contribution is 6.04. The van der Waals surface area contributed by atoms with Gasteiger partial charge in [0, 0.05) is 18.9 Å². The van der Waals surface area contributed by atoms with Gasteiger partial charge in [0.05, 0.1) is 22.9 Å². The van der Waals surface area contributed by atoms with Crippen LogP contribution < -0.4 is 16.6 Å². The van der Waals surface area contributed by atoms with Crippen LogP contribution in [0.15, 0.2) is 54.9 Å². The number of anilines is 1. The minimum atomic E-state index is -0.929. The Hall–Kier alpha value is -2.83. The third kappa shape index (κ3) is 3.61. The molecule has 1 unspecified atom stereocenters. The summed E-state index contributed by atoms with van der Waals surface area (Å²) < 4.78 is 0. The fourth-order valence-electron chi connectivity index (χ4n) is 4.47. The van der Waals surface area contributed by atoms with Crippen molar-refractivity contribution in [3.63, 3.8) is 0 Å². The Kier molecular flexibility index (Phi) is 4.84. The predicted molar refractivity (Wildman–Crippen MR) is 115 cm³/mol. The van der Waals surface area contributed by atoms with Gasteiger partial charge in [0.1, 0.15) is 0 Å². The lowest BCUT2D eigenvalue weighted by Gasteiger charge is -2.37. The van der Waals surface area contributed by atoms with Crippen LogP contribution in [-0.2, 0) is 6.54 Å². The van der Waals surface area contributed by atoms with Crippen LogP contribution in [0.4, 0.5) is 5.69 Å². The van der Waals surface area contributed by atoms with Crippen molar-refractivity contribution >= 4 is 11.6 Å². The van der Waals surface area contributed by atoms with Gasteiger partial charge in [0.25, 0.3) is 5.91 Å². The standard InChI is InChI=1S/C23H28N4O2/c1-23(2,29)21(16-6-7-16)26-14-17-4-3-5-19(20(17)22(26)28)15-8-10-18(11-9-15)27(25)13-12-24/h3-5,8-13,16,21,29H,6-7,14,24-25H2,1-2H3/b13-12-. The van der Waals surface area contributed by atoms with Crippen molar-refractivity contribution in [2.24, 2.45) is 17.5 Å². The molecule has 1 amide bonds. The molecule has 2 aliphatic rings. The molecule has 152 valence electrons. The number of rotatable bonds is 6. The van der Waals surface area contributed by atoms with Gasteiger partial charge in [0.2, 0.25) is 0 Å². The Morgan fingerprint density at radius 3 is 2.48 bits per heavy atom. The van der Waals surface area contributed by atoms with Crippen LogP contribution in [0.1, 0.15) is 42.6 Å². The number of carbonyl (C=O) groups excluding carboxylic acids is 1. The summed E-state index contributed by atoms with van der Waals surface area (Å²) in [5.74, 6) is 6.30. The van der Waals surface area contributed by atoms with E-state index in [2.05, 4.69) is 0 Å². The number of benzene rings is 2. The monoisotopic (exact) mass is 392 g/mol. The number of fused-ring (bicyclic) bond motifs is 1. The first-order chi connectivity index (χ1) is 13.8. The van der Waals surface area contributed by atoms with Crippen molar-refractivity contribution in [1.82, 2.24) is 4.90 Å². The summed E-state index contributed by atoms with van der Waals surface area (Å²) in [7, 11) is 0. The van der Waals surface area contributed by atoms with E-state index in [1.165, 1.54) is 11.2 Å². The maximum absolute atomic E-state index is 13.4. The van der Waals surface area contributed by atoms with E-state index < -0.39 is 5.60 Å². The summed E-state index contributed by atoms with van der Waals surface area (Å²) in [5, 5.41) is 12.2. The minimum Gasteiger partial charge on any atom is -0.403 e. The zero-order valence-electron chi connectivity index (χ0n) is 16.9. The summed E-state index contributed by atoms with van der Waals surface area (Å²) >= 11 is 0. The number of hydrogen-bond acceptors (Lipinski definition) is 5. The van der Waals surface area contributed by atoms with Crippen molar-refractivity contribution < 1.29 is 9.90 Å². The lowest BCUT2D eigenvalue weighted by molar-refractivity contribution is -0.0224. The van der Waals surface area contributed by atoms with Gasteiger partial charge in [-0.2, -0.15) is 0 Å². The molecule has 2 aromatic carbocycles.